The Morgan fingerprint density at radius 3 is 2.45 bits per heavy atom. The molecule has 8 heteroatoms. The Kier molecular flexibility index (Phi) is 4.88. The van der Waals surface area contributed by atoms with Gasteiger partial charge >= 0.3 is 6.18 Å². The lowest BCUT2D eigenvalue weighted by Gasteiger charge is -2.06. The van der Waals surface area contributed by atoms with Crippen molar-refractivity contribution in [3.63, 3.8) is 0 Å². The number of nitrogens with zero attached hydrogens (tertiary/aromatic N) is 2. The fraction of sp³-hybridized carbons (Fsp3) is 0.250. The highest BCUT2D eigenvalue weighted by atomic mass is 35.5. The number of aliphatic hydroxyl groups is 1. The number of allylic oxidation sites excluding steroid dienone is 2. The number of aliphatic imine (C=N–C) groups is 1. The van der Waals surface area contributed by atoms with Crippen molar-refractivity contribution in [1.29, 1.82) is 0 Å². The van der Waals surface area contributed by atoms with Crippen LogP contribution in [0, 0.1) is 0 Å². The highest BCUT2D eigenvalue weighted by Gasteiger charge is 2.31. The average Bonchev–Trinajstić information content (AvgIpc) is 2.28. The zero-order chi connectivity index (χ0) is 15.5. The summed E-state index contributed by atoms with van der Waals surface area (Å²) in [5, 5.41) is 8.94. The Labute approximate surface area is 117 Å². The molecule has 0 amide bonds. The molecule has 0 aliphatic heterocycles. The van der Waals surface area contributed by atoms with E-state index in [1.54, 1.807) is 0 Å². The van der Waals surface area contributed by atoms with Gasteiger partial charge in [0.15, 0.2) is 11.6 Å². The molecular weight excluding hydrogens is 297 g/mol. The molecule has 1 aromatic rings. The summed E-state index contributed by atoms with van der Waals surface area (Å²) >= 11 is 5.64. The van der Waals surface area contributed by atoms with Crippen molar-refractivity contribution in [2.75, 3.05) is 0 Å². The van der Waals surface area contributed by atoms with Crippen molar-refractivity contribution in [3.05, 3.63) is 34.2 Å². The molecule has 108 valence electrons. The Hall–Kier alpha value is -1.89. The number of pyridine rings is 1. The van der Waals surface area contributed by atoms with Crippen LogP contribution in [0.3, 0.4) is 0 Å². The number of aliphatic hydroxyl groups excluding tert-OH is 1. The van der Waals surface area contributed by atoms with E-state index in [2.05, 4.69) is 9.98 Å². The van der Waals surface area contributed by atoms with Gasteiger partial charge in [-0.15, -0.1) is 0 Å². The van der Waals surface area contributed by atoms with Gasteiger partial charge in [0.25, 0.3) is 0 Å². The quantitative estimate of drug-likeness (QED) is 0.523. The van der Waals surface area contributed by atoms with E-state index in [1.165, 1.54) is 13.8 Å². The van der Waals surface area contributed by atoms with E-state index in [-0.39, 0.29) is 22.2 Å². The highest BCUT2D eigenvalue weighted by Crippen LogP contribution is 2.33. The molecule has 0 saturated carbocycles. The van der Waals surface area contributed by atoms with E-state index in [4.69, 9.17) is 11.6 Å². The second-order valence-corrected chi connectivity index (χ2v) is 4.25. The number of hydrogen-bond acceptors (Lipinski definition) is 4. The van der Waals surface area contributed by atoms with Crippen LogP contribution in [0.25, 0.3) is 0 Å². The van der Waals surface area contributed by atoms with Gasteiger partial charge < -0.3 is 5.11 Å². The summed E-state index contributed by atoms with van der Waals surface area (Å²) in [6, 6.07) is 0.685. The number of aromatic nitrogens is 1. The lowest BCUT2D eigenvalue weighted by Crippen LogP contribution is -2.05. The highest BCUT2D eigenvalue weighted by molar-refractivity contribution is 6.32. The first-order valence-corrected chi connectivity index (χ1v) is 5.68. The third kappa shape index (κ3) is 4.06. The zero-order valence-corrected chi connectivity index (χ0v) is 11.2. The minimum absolute atomic E-state index is 0.0808. The number of carbonyl (C=O) groups excluding carboxylic acids is 1. The number of Topliss-reactive ketones (excluding diaryl/α,β-unsaturated/α-hetero) is 1. The predicted molar refractivity (Wildman–Crippen MR) is 68.4 cm³/mol. The molecule has 0 spiro atoms. The second kappa shape index (κ2) is 6.04. The molecule has 1 N–H and O–H groups in total. The van der Waals surface area contributed by atoms with Crippen molar-refractivity contribution in [2.24, 2.45) is 4.99 Å². The first kappa shape index (κ1) is 16.2. The molecule has 0 atom stereocenters. The van der Waals surface area contributed by atoms with E-state index in [9.17, 15) is 23.1 Å². The molecule has 0 radical (unpaired) electrons. The van der Waals surface area contributed by atoms with Crippen molar-refractivity contribution in [1.82, 2.24) is 4.98 Å². The van der Waals surface area contributed by atoms with Crippen LogP contribution in [-0.2, 0) is 11.0 Å². The smallest absolute Gasteiger partial charge is 0.417 e. The third-order valence-corrected chi connectivity index (χ3v) is 2.51. The first-order chi connectivity index (χ1) is 9.12. The third-order valence-electron chi connectivity index (χ3n) is 2.23. The van der Waals surface area contributed by atoms with Gasteiger partial charge in [-0.05, 0) is 19.9 Å². The number of carbonyl (C=O) groups is 1. The van der Waals surface area contributed by atoms with Crippen LogP contribution in [0.5, 0.6) is 0 Å². The van der Waals surface area contributed by atoms with Crippen LogP contribution < -0.4 is 0 Å². The predicted octanol–water partition coefficient (Wildman–Crippen LogP) is 3.88. The Bertz CT molecular complexity index is 591. The standard InChI is InChI=1S/C12H10ClF3N2O2/c1-6(19)9(7(2)20)5-18-11-10(13)3-8(4-17-11)12(14,15)16/h3-5,19H,1-2H3. The van der Waals surface area contributed by atoms with Crippen LogP contribution in [-0.4, -0.2) is 22.1 Å². The lowest BCUT2D eigenvalue weighted by atomic mass is 10.2. The largest absolute Gasteiger partial charge is 0.512 e. The Morgan fingerprint density at radius 1 is 1.45 bits per heavy atom. The monoisotopic (exact) mass is 306 g/mol. The number of ketones is 1. The number of alkyl halides is 3. The maximum Gasteiger partial charge on any atom is 0.417 e. The molecule has 0 unspecified atom stereocenters. The minimum atomic E-state index is -4.55. The normalized spacial score (nSPS) is 13.5. The molecule has 0 fully saturated rings. The van der Waals surface area contributed by atoms with E-state index in [1.807, 2.05) is 0 Å². The summed E-state index contributed by atoms with van der Waals surface area (Å²) in [5.74, 6) is -0.888. The van der Waals surface area contributed by atoms with E-state index in [0.717, 1.165) is 6.21 Å². The molecule has 1 rings (SSSR count). The molecule has 0 bridgehead atoms. The van der Waals surface area contributed by atoms with Crippen LogP contribution in [0.15, 0.2) is 28.6 Å². The molecular formula is C12H10ClF3N2O2. The van der Waals surface area contributed by atoms with Crippen molar-refractivity contribution < 1.29 is 23.1 Å². The van der Waals surface area contributed by atoms with Gasteiger partial charge in [0.2, 0.25) is 0 Å². The van der Waals surface area contributed by atoms with Gasteiger partial charge in [0.05, 0.1) is 16.2 Å². The summed E-state index contributed by atoms with van der Waals surface area (Å²) in [6.45, 7) is 2.49. The Balaban J connectivity index is 3.12. The summed E-state index contributed by atoms with van der Waals surface area (Å²) in [4.78, 5) is 18.3. The Morgan fingerprint density at radius 2 is 2.05 bits per heavy atom. The van der Waals surface area contributed by atoms with Crippen molar-refractivity contribution in [3.8, 4) is 0 Å². The van der Waals surface area contributed by atoms with Crippen molar-refractivity contribution in [2.45, 2.75) is 20.0 Å². The lowest BCUT2D eigenvalue weighted by molar-refractivity contribution is -0.137. The second-order valence-electron chi connectivity index (χ2n) is 3.84. The topological polar surface area (TPSA) is 62.5 Å². The van der Waals surface area contributed by atoms with Crippen LogP contribution >= 0.6 is 11.6 Å². The molecule has 0 aliphatic carbocycles. The van der Waals surface area contributed by atoms with Crippen molar-refractivity contribution >= 4 is 29.4 Å². The van der Waals surface area contributed by atoms with Crippen LogP contribution in [0.4, 0.5) is 19.0 Å². The molecule has 20 heavy (non-hydrogen) atoms. The first-order valence-electron chi connectivity index (χ1n) is 5.30. The average molecular weight is 307 g/mol. The van der Waals surface area contributed by atoms with E-state index >= 15 is 0 Å². The summed E-state index contributed by atoms with van der Waals surface area (Å²) in [5.41, 5.74) is -1.08. The minimum Gasteiger partial charge on any atom is -0.512 e. The van der Waals surface area contributed by atoms with Crippen LogP contribution in [0.1, 0.15) is 19.4 Å². The number of halogens is 4. The fourth-order valence-corrected chi connectivity index (χ4v) is 1.46. The molecule has 1 heterocycles. The van der Waals surface area contributed by atoms with Crippen LogP contribution in [0.2, 0.25) is 5.02 Å². The summed E-state index contributed by atoms with van der Waals surface area (Å²) in [7, 11) is 0. The molecule has 0 saturated heterocycles. The summed E-state index contributed by atoms with van der Waals surface area (Å²) < 4.78 is 37.2. The maximum atomic E-state index is 12.4. The van der Waals surface area contributed by atoms with Gasteiger partial charge in [-0.25, -0.2) is 9.98 Å². The van der Waals surface area contributed by atoms with Gasteiger partial charge in [-0.1, -0.05) is 11.6 Å². The van der Waals surface area contributed by atoms with E-state index in [0.29, 0.717) is 12.3 Å². The van der Waals surface area contributed by atoms with E-state index < -0.39 is 17.5 Å². The molecule has 0 aromatic carbocycles. The summed E-state index contributed by atoms with van der Waals surface area (Å²) in [6.07, 6.45) is -2.97. The molecule has 1 aromatic heterocycles. The number of rotatable bonds is 3. The van der Waals surface area contributed by atoms with Gasteiger partial charge in [-0.3, -0.25) is 4.79 Å². The fourth-order valence-electron chi connectivity index (χ4n) is 1.25. The molecule has 0 aliphatic rings. The van der Waals surface area contributed by atoms with Gasteiger partial charge in [0.1, 0.15) is 5.76 Å². The zero-order valence-electron chi connectivity index (χ0n) is 10.5. The SMILES string of the molecule is CC(=O)C(C=Nc1ncc(C(F)(F)F)cc1Cl)=C(C)O. The maximum absolute atomic E-state index is 12.4. The van der Waals surface area contributed by atoms with Gasteiger partial charge in [-0.2, -0.15) is 13.2 Å². The number of hydrogen-bond donors (Lipinski definition) is 1. The van der Waals surface area contributed by atoms with Gasteiger partial charge in [0, 0.05) is 12.4 Å². The molecule has 4 nitrogen and oxygen atoms in total.